The Labute approximate surface area is 89.2 Å². The van der Waals surface area contributed by atoms with Crippen LogP contribution in [0.5, 0.6) is 0 Å². The van der Waals surface area contributed by atoms with E-state index in [1.165, 1.54) is 13.8 Å². The van der Waals surface area contributed by atoms with Gasteiger partial charge in [0.15, 0.2) is 9.84 Å². The van der Waals surface area contributed by atoms with E-state index in [-0.39, 0.29) is 6.54 Å². The summed E-state index contributed by atoms with van der Waals surface area (Å²) in [6, 6.07) is 0. The van der Waals surface area contributed by atoms with E-state index in [1.807, 2.05) is 0 Å². The molecular weight excluding hydrogens is 222 g/mol. The fourth-order valence-corrected chi connectivity index (χ4v) is 1.14. The number of nitrogens with one attached hydrogen (secondary N) is 1. The summed E-state index contributed by atoms with van der Waals surface area (Å²) in [5.74, 6) is -0.689. The molecule has 0 aromatic heterocycles. The Hall–Kier alpha value is -0.660. The molecule has 2 unspecified atom stereocenters. The van der Waals surface area contributed by atoms with Crippen molar-refractivity contribution in [3.05, 3.63) is 0 Å². The number of hydrogen-bond acceptors (Lipinski definition) is 5. The third-order valence-corrected chi connectivity index (χ3v) is 3.49. The monoisotopic (exact) mass is 239 g/mol. The molecule has 0 aliphatic heterocycles. The highest BCUT2D eigenvalue weighted by atomic mass is 32.2. The van der Waals surface area contributed by atoms with Crippen molar-refractivity contribution in [1.29, 1.82) is 0 Å². The SMILES string of the molecule is CC(C(=O)NCC(C)(O)CO)S(C)(=O)=O. The lowest BCUT2D eigenvalue weighted by molar-refractivity contribution is -0.121. The minimum Gasteiger partial charge on any atom is -0.393 e. The predicted molar refractivity (Wildman–Crippen MR) is 55.0 cm³/mol. The number of sulfone groups is 1. The van der Waals surface area contributed by atoms with E-state index >= 15 is 0 Å². The van der Waals surface area contributed by atoms with Crippen LogP contribution in [0.3, 0.4) is 0 Å². The first-order valence-electron chi connectivity index (χ1n) is 4.40. The molecule has 0 heterocycles. The Kier molecular flexibility index (Phi) is 4.69. The first kappa shape index (κ1) is 14.3. The van der Waals surface area contributed by atoms with Gasteiger partial charge in [-0.2, -0.15) is 0 Å². The molecule has 90 valence electrons. The van der Waals surface area contributed by atoms with E-state index in [2.05, 4.69) is 5.32 Å². The van der Waals surface area contributed by atoms with Gasteiger partial charge in [0.05, 0.1) is 6.61 Å². The van der Waals surface area contributed by atoms with E-state index in [1.54, 1.807) is 0 Å². The van der Waals surface area contributed by atoms with Crippen LogP contribution in [0.2, 0.25) is 0 Å². The van der Waals surface area contributed by atoms with E-state index in [9.17, 15) is 18.3 Å². The quantitative estimate of drug-likeness (QED) is 0.529. The Balaban J connectivity index is 4.29. The Morgan fingerprint density at radius 2 is 2.00 bits per heavy atom. The van der Waals surface area contributed by atoms with Gasteiger partial charge in [0.25, 0.3) is 0 Å². The van der Waals surface area contributed by atoms with E-state index in [4.69, 9.17) is 5.11 Å². The molecule has 0 aliphatic rings. The van der Waals surface area contributed by atoms with Crippen molar-refractivity contribution in [2.24, 2.45) is 0 Å². The third-order valence-electron chi connectivity index (χ3n) is 2.00. The first-order valence-corrected chi connectivity index (χ1v) is 6.35. The third kappa shape index (κ3) is 5.10. The number of carbonyl (C=O) groups excluding carboxylic acids is 1. The van der Waals surface area contributed by atoms with Crippen molar-refractivity contribution < 1.29 is 23.4 Å². The Morgan fingerprint density at radius 3 is 2.33 bits per heavy atom. The van der Waals surface area contributed by atoms with Crippen molar-refractivity contribution >= 4 is 15.7 Å². The van der Waals surface area contributed by atoms with Gasteiger partial charge in [0.2, 0.25) is 5.91 Å². The normalized spacial score (nSPS) is 17.9. The van der Waals surface area contributed by atoms with Crippen LogP contribution in [0.25, 0.3) is 0 Å². The molecule has 6 nitrogen and oxygen atoms in total. The highest BCUT2D eigenvalue weighted by molar-refractivity contribution is 7.92. The van der Waals surface area contributed by atoms with E-state index in [0.717, 1.165) is 6.26 Å². The molecule has 7 heteroatoms. The van der Waals surface area contributed by atoms with Gasteiger partial charge in [-0.05, 0) is 13.8 Å². The summed E-state index contributed by atoms with van der Waals surface area (Å²) in [6.07, 6.45) is 0.960. The average molecular weight is 239 g/mol. The summed E-state index contributed by atoms with van der Waals surface area (Å²) in [4.78, 5) is 11.3. The first-order chi connectivity index (χ1) is 6.60. The number of hydrogen-bond donors (Lipinski definition) is 3. The zero-order valence-electron chi connectivity index (χ0n) is 9.02. The summed E-state index contributed by atoms with van der Waals surface area (Å²) in [5.41, 5.74) is -1.44. The van der Waals surface area contributed by atoms with Crippen molar-refractivity contribution in [3.8, 4) is 0 Å². The summed E-state index contributed by atoms with van der Waals surface area (Å²) in [7, 11) is -3.43. The highest BCUT2D eigenvalue weighted by Gasteiger charge is 2.26. The fraction of sp³-hybridized carbons (Fsp3) is 0.875. The molecule has 0 saturated carbocycles. The number of carbonyl (C=O) groups is 1. The molecule has 0 saturated heterocycles. The predicted octanol–water partition coefficient (Wildman–Crippen LogP) is -1.72. The van der Waals surface area contributed by atoms with E-state index in [0.29, 0.717) is 0 Å². The molecule has 3 N–H and O–H groups in total. The summed E-state index contributed by atoms with van der Waals surface area (Å²) in [5, 5.41) is 19.1. The van der Waals surface area contributed by atoms with Crippen LogP contribution >= 0.6 is 0 Å². The maximum Gasteiger partial charge on any atom is 0.238 e. The lowest BCUT2D eigenvalue weighted by atomic mass is 10.1. The second kappa shape index (κ2) is 4.91. The minimum absolute atomic E-state index is 0.192. The lowest BCUT2D eigenvalue weighted by Crippen LogP contribution is -2.47. The second-order valence-corrected chi connectivity index (χ2v) is 6.21. The lowest BCUT2D eigenvalue weighted by Gasteiger charge is -2.21. The van der Waals surface area contributed by atoms with Gasteiger partial charge in [-0.3, -0.25) is 4.79 Å². The standard InChI is InChI=1S/C8H17NO5S/c1-6(15(3,13)14)7(11)9-4-8(2,12)5-10/h6,10,12H,4-5H2,1-3H3,(H,9,11). The second-order valence-electron chi connectivity index (χ2n) is 3.84. The molecule has 0 bridgehead atoms. The smallest absolute Gasteiger partial charge is 0.238 e. The number of amides is 1. The number of rotatable bonds is 5. The van der Waals surface area contributed by atoms with Crippen molar-refractivity contribution in [1.82, 2.24) is 5.32 Å². The van der Waals surface area contributed by atoms with Crippen molar-refractivity contribution in [2.45, 2.75) is 24.7 Å². The summed E-state index contributed by atoms with van der Waals surface area (Å²) >= 11 is 0. The molecule has 0 aromatic carbocycles. The minimum atomic E-state index is -3.43. The topological polar surface area (TPSA) is 104 Å². The molecular formula is C8H17NO5S. The Morgan fingerprint density at radius 1 is 1.53 bits per heavy atom. The van der Waals surface area contributed by atoms with Crippen LogP contribution < -0.4 is 5.32 Å². The van der Waals surface area contributed by atoms with Gasteiger partial charge >= 0.3 is 0 Å². The van der Waals surface area contributed by atoms with Crippen LogP contribution in [0.4, 0.5) is 0 Å². The maximum absolute atomic E-state index is 11.3. The number of aliphatic hydroxyl groups excluding tert-OH is 1. The molecule has 15 heavy (non-hydrogen) atoms. The van der Waals surface area contributed by atoms with Gasteiger partial charge in [0.1, 0.15) is 10.9 Å². The molecule has 1 amide bonds. The van der Waals surface area contributed by atoms with Gasteiger partial charge in [0, 0.05) is 12.8 Å². The van der Waals surface area contributed by atoms with Crippen molar-refractivity contribution in [3.63, 3.8) is 0 Å². The van der Waals surface area contributed by atoms with Crippen LogP contribution in [0.1, 0.15) is 13.8 Å². The van der Waals surface area contributed by atoms with Crippen LogP contribution in [0.15, 0.2) is 0 Å². The van der Waals surface area contributed by atoms with Crippen LogP contribution in [-0.2, 0) is 14.6 Å². The van der Waals surface area contributed by atoms with Crippen LogP contribution in [0, 0.1) is 0 Å². The number of aliphatic hydroxyl groups is 2. The molecule has 0 radical (unpaired) electrons. The van der Waals surface area contributed by atoms with Gasteiger partial charge in [-0.15, -0.1) is 0 Å². The van der Waals surface area contributed by atoms with E-state index < -0.39 is 33.2 Å². The summed E-state index contributed by atoms with van der Waals surface area (Å²) < 4.78 is 22.0. The average Bonchev–Trinajstić information content (AvgIpc) is 2.11. The van der Waals surface area contributed by atoms with Crippen LogP contribution in [-0.4, -0.2) is 54.8 Å². The fourth-order valence-electron chi connectivity index (χ4n) is 0.672. The maximum atomic E-state index is 11.3. The highest BCUT2D eigenvalue weighted by Crippen LogP contribution is 2.01. The Bertz CT molecular complexity index is 322. The van der Waals surface area contributed by atoms with Gasteiger partial charge in [-0.25, -0.2) is 8.42 Å². The zero-order chi connectivity index (χ0) is 12.3. The zero-order valence-corrected chi connectivity index (χ0v) is 9.84. The molecule has 0 aliphatic carbocycles. The van der Waals surface area contributed by atoms with Gasteiger partial charge < -0.3 is 15.5 Å². The molecule has 0 spiro atoms. The van der Waals surface area contributed by atoms with Gasteiger partial charge in [-0.1, -0.05) is 0 Å². The largest absolute Gasteiger partial charge is 0.393 e. The molecule has 2 atom stereocenters. The molecule has 0 fully saturated rings. The molecule has 0 rings (SSSR count). The van der Waals surface area contributed by atoms with Crippen molar-refractivity contribution in [2.75, 3.05) is 19.4 Å². The molecule has 0 aromatic rings. The summed E-state index contributed by atoms with van der Waals surface area (Å²) in [6.45, 7) is 1.89.